The standard InChI is InChI=1S/C18H14BrNOS2/c1-12(13-7-3-2-4-8-13)20-17(21)16(23-18(20)22)11-14-9-5-6-10-15(14)19/h2-12H,1H3/b16-11-. The number of hydrogen-bond acceptors (Lipinski definition) is 3. The van der Waals surface area contributed by atoms with Crippen LogP contribution in [-0.4, -0.2) is 15.1 Å². The lowest BCUT2D eigenvalue weighted by Gasteiger charge is -2.23. The van der Waals surface area contributed by atoms with Crippen LogP contribution in [0.5, 0.6) is 0 Å². The molecule has 1 aliphatic heterocycles. The molecule has 1 amide bonds. The van der Waals surface area contributed by atoms with Gasteiger partial charge in [-0.3, -0.25) is 9.69 Å². The first kappa shape index (κ1) is 16.4. The average molecular weight is 404 g/mol. The van der Waals surface area contributed by atoms with Crippen LogP contribution in [0.2, 0.25) is 0 Å². The van der Waals surface area contributed by atoms with Gasteiger partial charge in [0, 0.05) is 4.47 Å². The molecule has 1 fully saturated rings. The maximum atomic E-state index is 12.8. The number of benzene rings is 2. The Bertz CT molecular complexity index is 789. The summed E-state index contributed by atoms with van der Waals surface area (Å²) < 4.78 is 1.56. The van der Waals surface area contributed by atoms with Crippen LogP contribution in [0.1, 0.15) is 24.1 Å². The Hall–Kier alpha value is -1.43. The Balaban J connectivity index is 1.90. The molecule has 5 heteroatoms. The van der Waals surface area contributed by atoms with Gasteiger partial charge in [0.1, 0.15) is 4.32 Å². The third-order valence-electron chi connectivity index (χ3n) is 3.68. The number of amides is 1. The lowest BCUT2D eigenvalue weighted by molar-refractivity contribution is -0.123. The number of carbonyl (C=O) groups is 1. The van der Waals surface area contributed by atoms with Gasteiger partial charge in [-0.05, 0) is 30.2 Å². The number of thiocarbonyl (C=S) groups is 1. The molecule has 0 radical (unpaired) electrons. The van der Waals surface area contributed by atoms with E-state index in [1.165, 1.54) is 11.8 Å². The van der Waals surface area contributed by atoms with E-state index in [2.05, 4.69) is 15.9 Å². The van der Waals surface area contributed by atoms with Gasteiger partial charge in [-0.15, -0.1) is 0 Å². The molecule has 2 aromatic carbocycles. The molecule has 0 spiro atoms. The molecule has 116 valence electrons. The Morgan fingerprint density at radius 2 is 1.78 bits per heavy atom. The SMILES string of the molecule is CC(c1ccccc1)N1C(=O)/C(=C/c2ccccc2Br)SC1=S. The Morgan fingerprint density at radius 1 is 1.13 bits per heavy atom. The number of nitrogens with zero attached hydrogens (tertiary/aromatic N) is 1. The van der Waals surface area contributed by atoms with Crippen molar-refractivity contribution in [3.63, 3.8) is 0 Å². The van der Waals surface area contributed by atoms with Crippen molar-refractivity contribution < 1.29 is 4.79 Å². The predicted molar refractivity (Wildman–Crippen MR) is 104 cm³/mol. The van der Waals surface area contributed by atoms with Gasteiger partial charge in [0.25, 0.3) is 5.91 Å². The summed E-state index contributed by atoms with van der Waals surface area (Å²) in [6.45, 7) is 2.00. The van der Waals surface area contributed by atoms with Crippen LogP contribution in [0.3, 0.4) is 0 Å². The van der Waals surface area contributed by atoms with Crippen LogP contribution in [0.4, 0.5) is 0 Å². The molecule has 1 heterocycles. The zero-order valence-electron chi connectivity index (χ0n) is 12.4. The average Bonchev–Trinajstić information content (AvgIpc) is 2.84. The Labute approximate surface area is 153 Å². The predicted octanol–water partition coefficient (Wildman–Crippen LogP) is 5.41. The minimum Gasteiger partial charge on any atom is -0.286 e. The van der Waals surface area contributed by atoms with E-state index in [1.807, 2.05) is 67.6 Å². The summed E-state index contributed by atoms with van der Waals surface area (Å²) in [4.78, 5) is 15.1. The van der Waals surface area contributed by atoms with E-state index in [-0.39, 0.29) is 11.9 Å². The first-order valence-corrected chi connectivity index (χ1v) is 9.16. The highest BCUT2D eigenvalue weighted by atomic mass is 79.9. The highest BCUT2D eigenvalue weighted by Crippen LogP contribution is 2.38. The Kier molecular flexibility index (Phi) is 4.99. The second kappa shape index (κ2) is 6.99. The summed E-state index contributed by atoms with van der Waals surface area (Å²) in [5.41, 5.74) is 2.05. The lowest BCUT2D eigenvalue weighted by Crippen LogP contribution is -2.30. The molecular formula is C18H14BrNOS2. The van der Waals surface area contributed by atoms with Gasteiger partial charge >= 0.3 is 0 Å². The van der Waals surface area contributed by atoms with Gasteiger partial charge in [0.05, 0.1) is 10.9 Å². The van der Waals surface area contributed by atoms with Crippen molar-refractivity contribution in [3.8, 4) is 0 Å². The maximum absolute atomic E-state index is 12.8. The summed E-state index contributed by atoms with van der Waals surface area (Å²) in [7, 11) is 0. The second-order valence-corrected chi connectivity index (χ2v) is 7.69. The van der Waals surface area contributed by atoms with Crippen molar-refractivity contribution >= 4 is 56.2 Å². The monoisotopic (exact) mass is 403 g/mol. The molecular weight excluding hydrogens is 390 g/mol. The van der Waals surface area contributed by atoms with Gasteiger partial charge in [0.2, 0.25) is 0 Å². The number of carbonyl (C=O) groups excluding carboxylic acids is 1. The Morgan fingerprint density at radius 3 is 2.48 bits per heavy atom. The van der Waals surface area contributed by atoms with Gasteiger partial charge in [-0.1, -0.05) is 88.4 Å². The number of rotatable bonds is 3. The van der Waals surface area contributed by atoms with Crippen LogP contribution in [0, 0.1) is 0 Å². The molecule has 1 saturated heterocycles. The van der Waals surface area contributed by atoms with Gasteiger partial charge in [-0.25, -0.2) is 0 Å². The lowest BCUT2D eigenvalue weighted by atomic mass is 10.1. The molecule has 0 saturated carbocycles. The summed E-state index contributed by atoms with van der Waals surface area (Å²) in [5, 5.41) is 0. The highest BCUT2D eigenvalue weighted by Gasteiger charge is 2.35. The minimum absolute atomic E-state index is 0.0351. The van der Waals surface area contributed by atoms with Crippen molar-refractivity contribution in [1.29, 1.82) is 0 Å². The zero-order chi connectivity index (χ0) is 16.4. The molecule has 1 aliphatic rings. The molecule has 23 heavy (non-hydrogen) atoms. The first-order chi connectivity index (χ1) is 11.1. The van der Waals surface area contributed by atoms with Crippen molar-refractivity contribution in [2.75, 3.05) is 0 Å². The van der Waals surface area contributed by atoms with E-state index in [0.29, 0.717) is 9.23 Å². The molecule has 1 unspecified atom stereocenters. The van der Waals surface area contributed by atoms with Crippen LogP contribution < -0.4 is 0 Å². The minimum atomic E-state index is -0.0752. The zero-order valence-corrected chi connectivity index (χ0v) is 15.6. The maximum Gasteiger partial charge on any atom is 0.266 e. The normalized spacial score (nSPS) is 17.8. The van der Waals surface area contributed by atoms with Crippen LogP contribution in [0.25, 0.3) is 6.08 Å². The molecule has 1 atom stereocenters. The quantitative estimate of drug-likeness (QED) is 0.504. The molecule has 0 N–H and O–H groups in total. The summed E-state index contributed by atoms with van der Waals surface area (Å²) in [6.07, 6.45) is 1.89. The van der Waals surface area contributed by atoms with Crippen molar-refractivity contribution in [3.05, 3.63) is 75.1 Å². The molecule has 0 bridgehead atoms. The van der Waals surface area contributed by atoms with E-state index < -0.39 is 0 Å². The number of hydrogen-bond donors (Lipinski definition) is 0. The van der Waals surface area contributed by atoms with Crippen LogP contribution >= 0.6 is 39.9 Å². The van der Waals surface area contributed by atoms with Crippen molar-refractivity contribution in [2.45, 2.75) is 13.0 Å². The van der Waals surface area contributed by atoms with Gasteiger partial charge < -0.3 is 0 Å². The second-order valence-electron chi connectivity index (χ2n) is 5.16. The summed E-state index contributed by atoms with van der Waals surface area (Å²) in [5.74, 6) is -0.0351. The fourth-order valence-electron chi connectivity index (χ4n) is 2.43. The first-order valence-electron chi connectivity index (χ1n) is 7.14. The van der Waals surface area contributed by atoms with Gasteiger partial charge in [0.15, 0.2) is 0 Å². The highest BCUT2D eigenvalue weighted by molar-refractivity contribution is 9.10. The molecule has 3 rings (SSSR count). The smallest absolute Gasteiger partial charge is 0.266 e. The fraction of sp³-hybridized carbons (Fsp3) is 0.111. The molecule has 2 nitrogen and oxygen atoms in total. The third kappa shape index (κ3) is 3.42. The van der Waals surface area contributed by atoms with E-state index >= 15 is 0 Å². The topological polar surface area (TPSA) is 20.3 Å². The van der Waals surface area contributed by atoms with E-state index in [0.717, 1.165) is 15.6 Å². The van der Waals surface area contributed by atoms with E-state index in [1.54, 1.807) is 4.90 Å². The summed E-state index contributed by atoms with van der Waals surface area (Å²) in [6, 6.07) is 17.7. The van der Waals surface area contributed by atoms with Crippen molar-refractivity contribution in [1.82, 2.24) is 4.90 Å². The number of halogens is 1. The van der Waals surface area contributed by atoms with Crippen LogP contribution in [0.15, 0.2) is 64.0 Å². The van der Waals surface area contributed by atoms with Crippen LogP contribution in [-0.2, 0) is 4.79 Å². The fourth-order valence-corrected chi connectivity index (χ4v) is 4.24. The molecule has 0 aliphatic carbocycles. The third-order valence-corrected chi connectivity index (χ3v) is 5.74. The van der Waals surface area contributed by atoms with E-state index in [9.17, 15) is 4.79 Å². The van der Waals surface area contributed by atoms with Crippen molar-refractivity contribution in [2.24, 2.45) is 0 Å². The van der Waals surface area contributed by atoms with E-state index in [4.69, 9.17) is 12.2 Å². The summed E-state index contributed by atoms with van der Waals surface area (Å²) >= 11 is 10.3. The number of thioether (sulfide) groups is 1. The van der Waals surface area contributed by atoms with Gasteiger partial charge in [-0.2, -0.15) is 0 Å². The largest absolute Gasteiger partial charge is 0.286 e. The molecule has 0 aromatic heterocycles. The molecule has 2 aromatic rings.